The van der Waals surface area contributed by atoms with Gasteiger partial charge in [0.1, 0.15) is 0 Å². The number of rotatable bonds is 7. The van der Waals surface area contributed by atoms with E-state index in [1.807, 2.05) is 0 Å². The number of hydrogen-bond acceptors (Lipinski definition) is 3. The van der Waals surface area contributed by atoms with E-state index in [0.29, 0.717) is 0 Å². The van der Waals surface area contributed by atoms with Gasteiger partial charge in [0.05, 0.1) is 17.1 Å². The predicted molar refractivity (Wildman–Crippen MR) is 209 cm³/mol. The second-order valence-electron chi connectivity index (χ2n) is 21.1. The Labute approximate surface area is 334 Å². The zero-order valence-corrected chi connectivity index (χ0v) is 34.3. The molecule has 54 heavy (non-hydrogen) atoms. The van der Waals surface area contributed by atoms with Crippen molar-refractivity contribution in [3.63, 3.8) is 0 Å². The van der Waals surface area contributed by atoms with Gasteiger partial charge < -0.3 is 0 Å². The number of allylic oxidation sites excluding steroid dienone is 2. The van der Waals surface area contributed by atoms with Crippen molar-refractivity contribution < 1.29 is 17.1 Å². The average Bonchev–Trinajstić information content (AvgIpc) is 3.81. The Morgan fingerprint density at radius 3 is 0.907 bits per heavy atom. The molecule has 12 aliphatic rings. The average molecular weight is 766 g/mol. The molecule has 12 aliphatic carbocycles. The molecule has 0 amide bonds. The number of aryl methyl sites for hydroxylation is 3. The summed E-state index contributed by atoms with van der Waals surface area (Å²) < 4.78 is 6.88. The van der Waals surface area contributed by atoms with Gasteiger partial charge in [-0.25, -0.2) is 12.2 Å². The van der Waals surface area contributed by atoms with Crippen LogP contribution in [0.25, 0.3) is 0 Å². The van der Waals surface area contributed by atoms with E-state index in [1.54, 1.807) is 0 Å². The Bertz CT molecular complexity index is 1620. The van der Waals surface area contributed by atoms with E-state index < -0.39 is 0 Å². The van der Waals surface area contributed by atoms with Crippen molar-refractivity contribution in [1.82, 2.24) is 29.3 Å². The summed E-state index contributed by atoms with van der Waals surface area (Å²) in [4.78, 5) is 0. The molecule has 0 aliphatic heterocycles. The topological polar surface area (TPSA) is 53.5 Å². The molecular weight excluding hydrogens is 703 g/mol. The van der Waals surface area contributed by atoms with Crippen LogP contribution in [-0.2, 0) is 33.3 Å². The van der Waals surface area contributed by atoms with Crippen molar-refractivity contribution in [1.29, 1.82) is 0 Å². The third-order valence-electron chi connectivity index (χ3n) is 17.1. The van der Waals surface area contributed by atoms with Gasteiger partial charge in [-0.2, -0.15) is 21.9 Å². The monoisotopic (exact) mass is 765 g/mol. The molecule has 0 saturated heterocycles. The Morgan fingerprint density at radius 2 is 0.722 bits per heavy atom. The Morgan fingerprint density at radius 1 is 0.519 bits per heavy atom. The molecule has 6 nitrogen and oxygen atoms in total. The van der Waals surface area contributed by atoms with Crippen LogP contribution in [0.15, 0.2) is 36.9 Å². The number of aromatic nitrogens is 6. The van der Waals surface area contributed by atoms with Crippen molar-refractivity contribution in [2.24, 2.45) is 53.3 Å². The molecule has 0 unspecified atom stereocenters. The zero-order valence-electron chi connectivity index (χ0n) is 33.2. The van der Waals surface area contributed by atoms with Gasteiger partial charge in [0.2, 0.25) is 0 Å². The third kappa shape index (κ3) is 5.50. The SMILES string of the molecule is Cc1cc(C23CC4CC(CC(C4)C2)C3)nn1[C-](n1nc(C23CC4CC(CC(C4)C2)C3)cc1C)n1nc(C23CC4CC(CC(C4)C2)C3)cc1C.[CH-]=CC=C.[Mn+2]. The maximum absolute atomic E-state index is 5.70. The van der Waals surface area contributed by atoms with Gasteiger partial charge in [-0.1, -0.05) is 39.0 Å². The van der Waals surface area contributed by atoms with Crippen LogP contribution in [0.5, 0.6) is 0 Å². The minimum atomic E-state index is 0. The summed E-state index contributed by atoms with van der Waals surface area (Å²) in [7, 11) is 0. The van der Waals surface area contributed by atoms with Crippen LogP contribution >= 0.6 is 0 Å². The molecule has 12 bridgehead atoms. The van der Waals surface area contributed by atoms with E-state index in [9.17, 15) is 0 Å². The van der Waals surface area contributed by atoms with Crippen molar-refractivity contribution in [2.75, 3.05) is 0 Å². The Hall–Kier alpha value is -2.50. The van der Waals surface area contributed by atoms with E-state index in [-0.39, 0.29) is 33.3 Å². The summed E-state index contributed by atoms with van der Waals surface area (Å²) in [6, 6.07) is 7.43. The molecule has 1 radical (unpaired) electrons. The Kier molecular flexibility index (Phi) is 8.47. The molecule has 7 heteroatoms. The normalized spacial score (nSPS) is 41.4. The summed E-state index contributed by atoms with van der Waals surface area (Å²) in [5, 5.41) is 17.1. The second-order valence-corrected chi connectivity index (χ2v) is 21.1. The minimum Gasteiger partial charge on any atom is -0.293 e. The molecule has 0 spiro atoms. The molecule has 3 heterocycles. The van der Waals surface area contributed by atoms with Crippen LogP contribution in [0, 0.1) is 86.9 Å². The molecule has 0 aromatic carbocycles. The fourth-order valence-corrected chi connectivity index (χ4v) is 16.4. The van der Waals surface area contributed by atoms with Crippen molar-refractivity contribution >= 4 is 0 Å². The molecule has 3 aromatic rings. The smallest absolute Gasteiger partial charge is 0.293 e. The quantitative estimate of drug-likeness (QED) is 0.137. The third-order valence-corrected chi connectivity index (χ3v) is 17.1. The summed E-state index contributed by atoms with van der Waals surface area (Å²) in [6.45, 7) is 15.0. The fourth-order valence-electron chi connectivity index (χ4n) is 16.4. The van der Waals surface area contributed by atoms with Crippen LogP contribution in [0.2, 0.25) is 0 Å². The number of hydrogen-bond donors (Lipinski definition) is 0. The molecule has 287 valence electrons. The molecule has 12 saturated carbocycles. The van der Waals surface area contributed by atoms with Crippen molar-refractivity contribution in [3.05, 3.63) is 84.0 Å². The van der Waals surface area contributed by atoms with E-state index in [1.165, 1.54) is 162 Å². The molecular formula is C47H62MnN6. The van der Waals surface area contributed by atoms with Gasteiger partial charge in [0.25, 0.3) is 0 Å². The summed E-state index contributed by atoms with van der Waals surface area (Å²) in [6.07, 6.45) is 29.3. The van der Waals surface area contributed by atoms with Crippen molar-refractivity contribution in [2.45, 2.75) is 153 Å². The fraction of sp³-hybridized carbons (Fsp3) is 0.702. The van der Waals surface area contributed by atoms with Gasteiger partial charge in [-0.05, 0) is 186 Å². The van der Waals surface area contributed by atoms with Gasteiger partial charge in [0, 0.05) is 16.2 Å². The summed E-state index contributed by atoms with van der Waals surface area (Å²) >= 11 is 0. The second kappa shape index (κ2) is 12.8. The number of nitrogens with zero attached hydrogens (tertiary/aromatic N) is 6. The maximum Gasteiger partial charge on any atom is 2.00 e. The molecule has 3 aromatic heterocycles. The van der Waals surface area contributed by atoms with Crippen LogP contribution in [-0.4, -0.2) is 29.3 Å². The largest absolute Gasteiger partial charge is 2.00 e. The van der Waals surface area contributed by atoms with E-state index >= 15 is 0 Å². The molecule has 0 atom stereocenters. The molecule has 12 fully saturated rings. The first kappa shape index (κ1) is 35.9. The standard InChI is InChI=1S/C43H57N6.C4H5.Mn/c1-25-4-37(41-16-28-7-29(17-41)9-30(8-28)18-41)44-47(25)40(48-26(2)5-38(45-48)42-19-31-10-32(20-42)12-33(11-31)21-42)49-27(3)6-39(46-49)43-22-34-13-35(23-43)15-36(14-34)24-43;1-3-4-2;/h4-6,28-36H,7-24H2,1-3H3;1,3-4H,2H2;/q2*-1;+2. The van der Waals surface area contributed by atoms with Crippen LogP contribution < -0.4 is 0 Å². The first-order valence-electron chi connectivity index (χ1n) is 21.9. The summed E-state index contributed by atoms with van der Waals surface area (Å²) in [5.41, 5.74) is 8.58. The predicted octanol–water partition coefficient (Wildman–Crippen LogP) is 10.2. The summed E-state index contributed by atoms with van der Waals surface area (Å²) in [5.74, 6) is 8.19. The van der Waals surface area contributed by atoms with E-state index in [0.717, 1.165) is 59.6 Å². The van der Waals surface area contributed by atoms with E-state index in [2.05, 4.69) is 59.6 Å². The zero-order chi connectivity index (χ0) is 35.9. The van der Waals surface area contributed by atoms with Crippen LogP contribution in [0.4, 0.5) is 0 Å². The van der Waals surface area contributed by atoms with Crippen LogP contribution in [0.1, 0.15) is 150 Å². The first-order valence-corrected chi connectivity index (χ1v) is 21.9. The van der Waals surface area contributed by atoms with Gasteiger partial charge in [0.15, 0.2) is 6.29 Å². The van der Waals surface area contributed by atoms with Gasteiger partial charge >= 0.3 is 17.1 Å². The molecule has 0 N–H and O–H groups in total. The van der Waals surface area contributed by atoms with Crippen LogP contribution in [0.3, 0.4) is 0 Å². The van der Waals surface area contributed by atoms with Gasteiger partial charge in [-0.3, -0.25) is 20.6 Å². The molecule has 15 rings (SSSR count). The van der Waals surface area contributed by atoms with E-state index in [4.69, 9.17) is 21.9 Å². The van der Waals surface area contributed by atoms with Gasteiger partial charge in [-0.15, -0.1) is 0 Å². The first-order chi connectivity index (χ1) is 25.6. The minimum absolute atomic E-state index is 0. The Balaban J connectivity index is 0.000000691. The maximum atomic E-state index is 5.70. The van der Waals surface area contributed by atoms with Crippen molar-refractivity contribution in [3.8, 4) is 0 Å².